The van der Waals surface area contributed by atoms with Crippen LogP contribution in [0, 0.1) is 0 Å². The number of hydrogen-bond donors (Lipinski definition) is 1. The highest BCUT2D eigenvalue weighted by molar-refractivity contribution is 5.84. The summed E-state index contributed by atoms with van der Waals surface area (Å²) in [5.74, 6) is -0.0286. The molecule has 17 heavy (non-hydrogen) atoms. The van der Waals surface area contributed by atoms with E-state index in [-0.39, 0.29) is 24.9 Å². The van der Waals surface area contributed by atoms with Crippen molar-refractivity contribution < 1.29 is 18.0 Å². The summed E-state index contributed by atoms with van der Waals surface area (Å²) in [7, 11) is 0. The first kappa shape index (κ1) is 12.7. The Labute approximate surface area is 98.3 Å². The third kappa shape index (κ3) is 3.87. The first-order valence-corrected chi connectivity index (χ1v) is 6.07. The van der Waals surface area contributed by atoms with E-state index < -0.39 is 12.6 Å². The van der Waals surface area contributed by atoms with E-state index >= 15 is 0 Å². The summed E-state index contributed by atoms with van der Waals surface area (Å²) in [5.41, 5.74) is 0. The molecule has 1 saturated heterocycles. The first-order valence-electron chi connectivity index (χ1n) is 6.07. The number of amides is 1. The average Bonchev–Trinajstić information content (AvgIpc) is 2.96. The molecule has 1 aliphatic heterocycles. The normalized spacial score (nSPS) is 25.7. The number of nitrogens with zero attached hydrogens (tertiary/aromatic N) is 1. The van der Waals surface area contributed by atoms with Crippen molar-refractivity contribution in [2.75, 3.05) is 13.1 Å². The van der Waals surface area contributed by atoms with Crippen molar-refractivity contribution in [3.8, 4) is 0 Å². The standard InChI is InChI=1S/C11H17F3N2O/c12-11(13,14)5-1-6-16-7-4-9(10(16)17)15-8-2-3-8/h8-9,15H,1-7H2. The maximum Gasteiger partial charge on any atom is 0.389 e. The van der Waals surface area contributed by atoms with E-state index in [0.717, 1.165) is 19.3 Å². The Morgan fingerprint density at radius 2 is 2.00 bits per heavy atom. The molecule has 0 spiro atoms. The van der Waals surface area contributed by atoms with Crippen LogP contribution < -0.4 is 5.32 Å². The maximum absolute atomic E-state index is 12.0. The number of alkyl halides is 3. The molecule has 1 saturated carbocycles. The number of carbonyl (C=O) groups excluding carboxylic acids is 1. The minimum atomic E-state index is -4.12. The molecule has 2 aliphatic rings. The van der Waals surface area contributed by atoms with Crippen LogP contribution in [0.2, 0.25) is 0 Å². The molecule has 0 aromatic heterocycles. The van der Waals surface area contributed by atoms with Crippen molar-refractivity contribution in [3.63, 3.8) is 0 Å². The lowest BCUT2D eigenvalue weighted by Crippen LogP contribution is -2.39. The number of rotatable bonds is 5. The monoisotopic (exact) mass is 250 g/mol. The molecular formula is C11H17F3N2O. The first-order chi connectivity index (χ1) is 7.96. The van der Waals surface area contributed by atoms with Crippen LogP contribution in [-0.2, 0) is 4.79 Å². The fourth-order valence-corrected chi connectivity index (χ4v) is 2.12. The van der Waals surface area contributed by atoms with E-state index in [0.29, 0.717) is 12.6 Å². The van der Waals surface area contributed by atoms with Gasteiger partial charge in [0.1, 0.15) is 0 Å². The van der Waals surface area contributed by atoms with Crippen molar-refractivity contribution in [3.05, 3.63) is 0 Å². The molecule has 0 bridgehead atoms. The van der Waals surface area contributed by atoms with Crippen LogP contribution in [0.25, 0.3) is 0 Å². The molecule has 1 atom stereocenters. The zero-order valence-electron chi connectivity index (χ0n) is 9.59. The minimum absolute atomic E-state index is 0.00535. The molecule has 1 N–H and O–H groups in total. The summed E-state index contributed by atoms with van der Waals surface area (Å²) in [5, 5.41) is 3.23. The van der Waals surface area contributed by atoms with E-state index in [4.69, 9.17) is 0 Å². The zero-order chi connectivity index (χ0) is 12.5. The Kier molecular flexibility index (Phi) is 3.61. The Morgan fingerprint density at radius 1 is 1.29 bits per heavy atom. The van der Waals surface area contributed by atoms with Gasteiger partial charge in [-0.1, -0.05) is 0 Å². The van der Waals surface area contributed by atoms with Gasteiger partial charge in [-0.15, -0.1) is 0 Å². The van der Waals surface area contributed by atoms with Crippen molar-refractivity contribution in [2.45, 2.75) is 50.4 Å². The van der Waals surface area contributed by atoms with Crippen LogP contribution in [0.15, 0.2) is 0 Å². The molecule has 0 aromatic carbocycles. The number of halogens is 3. The molecule has 98 valence electrons. The smallest absolute Gasteiger partial charge is 0.341 e. The summed E-state index contributed by atoms with van der Waals surface area (Å²) >= 11 is 0. The second kappa shape index (κ2) is 4.84. The Bertz CT molecular complexity index is 289. The van der Waals surface area contributed by atoms with E-state index in [1.165, 1.54) is 0 Å². The van der Waals surface area contributed by atoms with Crippen LogP contribution in [0.5, 0.6) is 0 Å². The second-order valence-corrected chi connectivity index (χ2v) is 4.83. The highest BCUT2D eigenvalue weighted by Gasteiger charge is 2.35. The minimum Gasteiger partial charge on any atom is -0.341 e. The van der Waals surface area contributed by atoms with Crippen molar-refractivity contribution >= 4 is 5.91 Å². The summed E-state index contributed by atoms with van der Waals surface area (Å²) in [6.07, 6.45) is -1.98. The van der Waals surface area contributed by atoms with Crippen LogP contribution in [0.4, 0.5) is 13.2 Å². The molecular weight excluding hydrogens is 233 g/mol. The number of hydrogen-bond acceptors (Lipinski definition) is 2. The Balaban J connectivity index is 1.69. The van der Waals surface area contributed by atoms with E-state index in [1.807, 2.05) is 0 Å². The summed E-state index contributed by atoms with van der Waals surface area (Å²) in [6.45, 7) is 0.808. The van der Waals surface area contributed by atoms with Gasteiger partial charge in [0.15, 0.2) is 0 Å². The number of likely N-dealkylation sites (tertiary alicyclic amines) is 1. The van der Waals surface area contributed by atoms with Gasteiger partial charge in [-0.2, -0.15) is 13.2 Å². The predicted octanol–water partition coefficient (Wildman–Crippen LogP) is 1.68. The van der Waals surface area contributed by atoms with Crippen molar-refractivity contribution in [2.24, 2.45) is 0 Å². The summed E-state index contributed by atoms with van der Waals surface area (Å²) < 4.78 is 35.9. The average molecular weight is 250 g/mol. The molecule has 1 unspecified atom stereocenters. The number of nitrogens with one attached hydrogen (secondary N) is 1. The molecule has 1 heterocycles. The van der Waals surface area contributed by atoms with E-state index in [9.17, 15) is 18.0 Å². The van der Waals surface area contributed by atoms with Crippen LogP contribution >= 0.6 is 0 Å². The topological polar surface area (TPSA) is 32.3 Å². The lowest BCUT2D eigenvalue weighted by atomic mass is 10.2. The van der Waals surface area contributed by atoms with E-state index in [1.54, 1.807) is 4.90 Å². The Morgan fingerprint density at radius 3 is 2.59 bits per heavy atom. The lowest BCUT2D eigenvalue weighted by molar-refractivity contribution is -0.139. The fraction of sp³-hybridized carbons (Fsp3) is 0.909. The highest BCUT2D eigenvalue weighted by Crippen LogP contribution is 2.24. The molecule has 0 aromatic rings. The van der Waals surface area contributed by atoms with Gasteiger partial charge in [0.2, 0.25) is 5.91 Å². The zero-order valence-corrected chi connectivity index (χ0v) is 9.59. The highest BCUT2D eigenvalue weighted by atomic mass is 19.4. The largest absolute Gasteiger partial charge is 0.389 e. The maximum atomic E-state index is 12.0. The van der Waals surface area contributed by atoms with Gasteiger partial charge in [-0.3, -0.25) is 4.79 Å². The van der Waals surface area contributed by atoms with Gasteiger partial charge in [-0.25, -0.2) is 0 Å². The van der Waals surface area contributed by atoms with Gasteiger partial charge in [0.25, 0.3) is 0 Å². The Hall–Kier alpha value is -0.780. The van der Waals surface area contributed by atoms with Crippen LogP contribution in [-0.4, -0.2) is 42.2 Å². The molecule has 6 heteroatoms. The SMILES string of the molecule is O=C1C(NC2CC2)CCN1CCCC(F)(F)F. The van der Waals surface area contributed by atoms with Gasteiger partial charge in [-0.05, 0) is 25.7 Å². The van der Waals surface area contributed by atoms with Crippen LogP contribution in [0.3, 0.4) is 0 Å². The molecule has 0 radical (unpaired) electrons. The summed E-state index contributed by atoms with van der Waals surface area (Å²) in [6, 6.07) is 0.299. The van der Waals surface area contributed by atoms with Gasteiger partial charge in [0.05, 0.1) is 6.04 Å². The third-order valence-electron chi connectivity index (χ3n) is 3.20. The predicted molar refractivity (Wildman–Crippen MR) is 56.4 cm³/mol. The lowest BCUT2D eigenvalue weighted by Gasteiger charge is -2.17. The molecule has 3 nitrogen and oxygen atoms in total. The summed E-state index contributed by atoms with van der Waals surface area (Å²) in [4.78, 5) is 13.4. The van der Waals surface area contributed by atoms with E-state index in [2.05, 4.69) is 5.32 Å². The van der Waals surface area contributed by atoms with Crippen molar-refractivity contribution in [1.82, 2.24) is 10.2 Å². The molecule has 1 aliphatic carbocycles. The van der Waals surface area contributed by atoms with Crippen molar-refractivity contribution in [1.29, 1.82) is 0 Å². The second-order valence-electron chi connectivity index (χ2n) is 4.83. The molecule has 1 amide bonds. The quantitative estimate of drug-likeness (QED) is 0.805. The molecule has 2 fully saturated rings. The van der Waals surface area contributed by atoms with Gasteiger partial charge < -0.3 is 10.2 Å². The van der Waals surface area contributed by atoms with Crippen LogP contribution in [0.1, 0.15) is 32.1 Å². The number of carbonyl (C=O) groups is 1. The third-order valence-corrected chi connectivity index (χ3v) is 3.20. The molecule has 2 rings (SSSR count). The van der Waals surface area contributed by atoms with Gasteiger partial charge >= 0.3 is 6.18 Å². The fourth-order valence-electron chi connectivity index (χ4n) is 2.12. The van der Waals surface area contributed by atoms with Gasteiger partial charge in [0, 0.05) is 25.6 Å².